The second kappa shape index (κ2) is 5.92. The lowest BCUT2D eigenvalue weighted by atomic mass is 10.3. The summed E-state index contributed by atoms with van der Waals surface area (Å²) in [6, 6.07) is 1.91. The van der Waals surface area contributed by atoms with Crippen molar-refractivity contribution in [3.8, 4) is 10.7 Å². The number of nitrogens with zero attached hydrogens (tertiary/aromatic N) is 3. The molecular formula is C10H5Cl6N3S. The molecule has 2 aromatic rings. The van der Waals surface area contributed by atoms with Crippen LogP contribution in [0.3, 0.4) is 0 Å². The molecule has 20 heavy (non-hydrogen) atoms. The van der Waals surface area contributed by atoms with E-state index < -0.39 is 7.59 Å². The van der Waals surface area contributed by atoms with Gasteiger partial charge in [-0.3, -0.25) is 0 Å². The molecule has 2 rings (SSSR count). The highest BCUT2D eigenvalue weighted by Gasteiger charge is 2.34. The van der Waals surface area contributed by atoms with Crippen LogP contribution in [0, 0.1) is 6.92 Å². The standard InChI is InChI=1S/C10H5Cl6N3S/c1-4-2-3-20-5(4)6-17-7(9(11,12)13)19-8(18-6)10(14,15)16/h2-3H,1H3. The van der Waals surface area contributed by atoms with Gasteiger partial charge in [-0.2, -0.15) is 0 Å². The number of alkyl halides is 6. The summed E-state index contributed by atoms with van der Waals surface area (Å²) in [6.07, 6.45) is 0. The van der Waals surface area contributed by atoms with E-state index >= 15 is 0 Å². The van der Waals surface area contributed by atoms with Gasteiger partial charge in [0.1, 0.15) is 0 Å². The summed E-state index contributed by atoms with van der Waals surface area (Å²) in [4.78, 5) is 13.0. The van der Waals surface area contributed by atoms with E-state index in [-0.39, 0.29) is 11.6 Å². The Hall–Kier alpha value is 0.450. The Labute approximate surface area is 149 Å². The molecule has 108 valence electrons. The predicted molar refractivity (Wildman–Crippen MR) is 86.4 cm³/mol. The first-order valence-corrected chi connectivity index (χ1v) is 8.18. The average molecular weight is 412 g/mol. The molecule has 2 heterocycles. The second-order valence-electron chi connectivity index (χ2n) is 3.73. The predicted octanol–water partition coefficient (Wildman–Crippen LogP) is 5.56. The zero-order chi connectivity index (χ0) is 15.1. The molecule has 0 saturated heterocycles. The van der Waals surface area contributed by atoms with Crippen molar-refractivity contribution in [2.45, 2.75) is 14.5 Å². The molecule has 0 unspecified atom stereocenters. The van der Waals surface area contributed by atoms with Gasteiger partial charge in [0.15, 0.2) is 17.5 Å². The lowest BCUT2D eigenvalue weighted by Crippen LogP contribution is -2.16. The van der Waals surface area contributed by atoms with Gasteiger partial charge in [0.05, 0.1) is 4.88 Å². The van der Waals surface area contributed by atoms with Crippen LogP contribution < -0.4 is 0 Å². The Bertz CT molecular complexity index is 598. The number of aromatic nitrogens is 3. The van der Waals surface area contributed by atoms with Gasteiger partial charge in [-0.05, 0) is 23.9 Å². The first-order valence-electron chi connectivity index (χ1n) is 5.04. The first kappa shape index (κ1) is 16.8. The maximum absolute atomic E-state index is 5.81. The monoisotopic (exact) mass is 409 g/mol. The van der Waals surface area contributed by atoms with Crippen LogP contribution in [0.5, 0.6) is 0 Å². The number of thiophene rings is 1. The Morgan fingerprint density at radius 3 is 1.75 bits per heavy atom. The highest BCUT2D eigenvalue weighted by molar-refractivity contribution is 7.13. The van der Waals surface area contributed by atoms with E-state index in [1.165, 1.54) is 11.3 Å². The molecule has 0 aliphatic rings. The molecule has 2 aromatic heterocycles. The highest BCUT2D eigenvalue weighted by atomic mass is 35.6. The molecule has 3 nitrogen and oxygen atoms in total. The summed E-state index contributed by atoms with van der Waals surface area (Å²) < 4.78 is -3.68. The first-order chi connectivity index (χ1) is 9.09. The minimum Gasteiger partial charge on any atom is -0.209 e. The largest absolute Gasteiger partial charge is 0.250 e. The van der Waals surface area contributed by atoms with Gasteiger partial charge in [-0.25, -0.2) is 15.0 Å². The smallest absolute Gasteiger partial charge is 0.209 e. The van der Waals surface area contributed by atoms with Gasteiger partial charge < -0.3 is 0 Å². The Morgan fingerprint density at radius 1 is 0.900 bits per heavy atom. The van der Waals surface area contributed by atoms with Crippen LogP contribution in [0.15, 0.2) is 11.4 Å². The lowest BCUT2D eigenvalue weighted by Gasteiger charge is -2.15. The van der Waals surface area contributed by atoms with Crippen LogP contribution in [-0.4, -0.2) is 15.0 Å². The maximum Gasteiger partial charge on any atom is 0.250 e. The van der Waals surface area contributed by atoms with Crippen molar-refractivity contribution >= 4 is 80.9 Å². The number of rotatable bonds is 1. The van der Waals surface area contributed by atoms with E-state index in [1.54, 1.807) is 0 Å². The molecule has 10 heteroatoms. The molecule has 0 N–H and O–H groups in total. The van der Waals surface area contributed by atoms with E-state index in [1.807, 2.05) is 18.4 Å². The van der Waals surface area contributed by atoms with Crippen LogP contribution >= 0.6 is 80.9 Å². The Balaban J connectivity index is 2.67. The van der Waals surface area contributed by atoms with E-state index in [0.29, 0.717) is 5.82 Å². The molecule has 0 amide bonds. The summed E-state index contributed by atoms with van der Waals surface area (Å²) in [5, 5.41) is 1.89. The van der Waals surface area contributed by atoms with Crippen molar-refractivity contribution in [3.63, 3.8) is 0 Å². The topological polar surface area (TPSA) is 38.7 Å². The SMILES string of the molecule is Cc1ccsc1-c1nc(C(Cl)(Cl)Cl)nc(C(Cl)(Cl)Cl)n1. The van der Waals surface area contributed by atoms with Gasteiger partial charge in [-0.15, -0.1) is 11.3 Å². The quantitative estimate of drug-likeness (QED) is 0.576. The van der Waals surface area contributed by atoms with E-state index in [0.717, 1.165) is 10.4 Å². The van der Waals surface area contributed by atoms with Gasteiger partial charge in [-0.1, -0.05) is 69.6 Å². The fourth-order valence-electron chi connectivity index (χ4n) is 1.33. The molecule has 0 radical (unpaired) electrons. The number of aryl methyl sites for hydroxylation is 1. The third-order valence-corrected chi connectivity index (χ3v) is 4.23. The van der Waals surface area contributed by atoms with Crippen LogP contribution in [0.2, 0.25) is 0 Å². The zero-order valence-electron chi connectivity index (χ0n) is 9.67. The molecule has 0 atom stereocenters. The normalized spacial score (nSPS) is 12.8. The Kier molecular flexibility index (Phi) is 4.97. The van der Waals surface area contributed by atoms with Crippen LogP contribution in [0.25, 0.3) is 10.7 Å². The van der Waals surface area contributed by atoms with Crippen molar-refractivity contribution in [3.05, 3.63) is 28.7 Å². The summed E-state index contributed by atoms with van der Waals surface area (Å²) in [7, 11) is 0. The molecule has 0 bridgehead atoms. The van der Waals surface area contributed by atoms with Crippen LogP contribution in [-0.2, 0) is 7.59 Å². The van der Waals surface area contributed by atoms with Gasteiger partial charge >= 0.3 is 0 Å². The molecule has 0 aliphatic heterocycles. The highest BCUT2D eigenvalue weighted by Crippen LogP contribution is 2.41. The van der Waals surface area contributed by atoms with Gasteiger partial charge in [0.2, 0.25) is 7.59 Å². The Morgan fingerprint density at radius 2 is 1.40 bits per heavy atom. The fourth-order valence-corrected chi connectivity index (χ4v) is 2.70. The molecule has 0 aromatic carbocycles. The number of hydrogen-bond donors (Lipinski definition) is 0. The lowest BCUT2D eigenvalue weighted by molar-refractivity contribution is 0.852. The van der Waals surface area contributed by atoms with Crippen molar-refractivity contribution < 1.29 is 0 Å². The van der Waals surface area contributed by atoms with Crippen LogP contribution in [0.4, 0.5) is 0 Å². The minimum atomic E-state index is -1.84. The third-order valence-electron chi connectivity index (χ3n) is 2.21. The fraction of sp³-hybridized carbons (Fsp3) is 0.300. The second-order valence-corrected chi connectivity index (χ2v) is 9.21. The summed E-state index contributed by atoms with van der Waals surface area (Å²) in [6.45, 7) is 1.90. The molecule has 0 fully saturated rings. The van der Waals surface area contributed by atoms with Crippen LogP contribution in [0.1, 0.15) is 17.2 Å². The molecule has 0 aliphatic carbocycles. The third kappa shape index (κ3) is 3.80. The van der Waals surface area contributed by atoms with E-state index in [2.05, 4.69) is 15.0 Å². The van der Waals surface area contributed by atoms with Gasteiger partial charge in [0.25, 0.3) is 0 Å². The number of hydrogen-bond acceptors (Lipinski definition) is 4. The van der Waals surface area contributed by atoms with Crippen molar-refractivity contribution in [1.29, 1.82) is 0 Å². The summed E-state index contributed by atoms with van der Waals surface area (Å²) in [5.41, 5.74) is 0.965. The van der Waals surface area contributed by atoms with Crippen molar-refractivity contribution in [1.82, 2.24) is 15.0 Å². The number of halogens is 6. The molecule has 0 saturated carbocycles. The maximum atomic E-state index is 5.81. The minimum absolute atomic E-state index is 0.0957. The van der Waals surface area contributed by atoms with Crippen molar-refractivity contribution in [2.75, 3.05) is 0 Å². The van der Waals surface area contributed by atoms with E-state index in [9.17, 15) is 0 Å². The van der Waals surface area contributed by atoms with Gasteiger partial charge in [0, 0.05) is 0 Å². The van der Waals surface area contributed by atoms with Crippen molar-refractivity contribution in [2.24, 2.45) is 0 Å². The zero-order valence-corrected chi connectivity index (χ0v) is 15.0. The molecular weight excluding hydrogens is 407 g/mol. The summed E-state index contributed by atoms with van der Waals surface area (Å²) >= 11 is 36.3. The summed E-state index contributed by atoms with van der Waals surface area (Å²) in [5.74, 6) is 0.110. The molecule has 0 spiro atoms. The van der Waals surface area contributed by atoms with E-state index in [4.69, 9.17) is 69.6 Å². The average Bonchev–Trinajstić information content (AvgIpc) is 2.72.